The number of aromatic nitrogens is 1. The van der Waals surface area contributed by atoms with E-state index in [0.29, 0.717) is 13.2 Å². The quantitative estimate of drug-likeness (QED) is 0.698. The third kappa shape index (κ3) is 3.72. The molecule has 2 aliphatic heterocycles. The van der Waals surface area contributed by atoms with E-state index in [1.165, 1.54) is 0 Å². The van der Waals surface area contributed by atoms with Crippen LogP contribution in [-0.2, 0) is 13.0 Å². The maximum Gasteiger partial charge on any atom is 0.252 e. The number of ether oxygens (including phenoxy) is 2. The Balaban J connectivity index is 1.49. The maximum absolute atomic E-state index is 13.6. The zero-order chi connectivity index (χ0) is 21.4. The number of likely N-dealkylation sites (N-methyl/N-ethyl adjacent to an activating group) is 1. The lowest BCUT2D eigenvalue weighted by molar-refractivity contribution is 0.0938. The highest BCUT2D eigenvalue weighted by atomic mass is 16.6. The third-order valence-corrected chi connectivity index (χ3v) is 6.21. The van der Waals surface area contributed by atoms with Gasteiger partial charge in [-0.05, 0) is 37.2 Å². The number of nitrogens with zero attached hydrogens (tertiary/aromatic N) is 2. The molecule has 2 aliphatic rings. The molecule has 6 nitrogen and oxygen atoms in total. The number of rotatable bonds is 4. The minimum atomic E-state index is -0.170. The number of pyridine rings is 1. The van der Waals surface area contributed by atoms with Crippen LogP contribution >= 0.6 is 0 Å². The number of carbonyl (C=O) groups excluding carboxylic acids is 1. The second kappa shape index (κ2) is 8.19. The Labute approximate surface area is 182 Å². The lowest BCUT2D eigenvalue weighted by Gasteiger charge is -2.29. The Bertz CT molecular complexity index is 1140. The molecule has 1 N–H and O–H groups in total. The SMILES string of the molecule is CCN1CCc2nc3ccccc3c(C(=O)N[C@@H](C)c3ccc4c(c3)OCCO4)c2C1. The first-order valence-corrected chi connectivity index (χ1v) is 11.0. The van der Waals surface area contributed by atoms with Gasteiger partial charge in [0.1, 0.15) is 13.2 Å². The fourth-order valence-corrected chi connectivity index (χ4v) is 4.46. The van der Waals surface area contributed by atoms with Crippen molar-refractivity contribution in [1.29, 1.82) is 0 Å². The van der Waals surface area contributed by atoms with E-state index in [2.05, 4.69) is 17.1 Å². The van der Waals surface area contributed by atoms with Gasteiger partial charge >= 0.3 is 0 Å². The predicted octanol–water partition coefficient (Wildman–Crippen LogP) is 3.88. The van der Waals surface area contributed by atoms with Gasteiger partial charge in [-0.1, -0.05) is 31.2 Å². The molecule has 6 heteroatoms. The van der Waals surface area contributed by atoms with Crippen LogP contribution in [-0.4, -0.2) is 42.1 Å². The highest BCUT2D eigenvalue weighted by Gasteiger charge is 2.26. The first-order chi connectivity index (χ1) is 15.1. The van der Waals surface area contributed by atoms with E-state index in [4.69, 9.17) is 14.5 Å². The average Bonchev–Trinajstić information content (AvgIpc) is 2.81. The van der Waals surface area contributed by atoms with Gasteiger partial charge in [-0.25, -0.2) is 0 Å². The Hall–Kier alpha value is -3.12. The van der Waals surface area contributed by atoms with Gasteiger partial charge in [-0.3, -0.25) is 14.7 Å². The van der Waals surface area contributed by atoms with Crippen LogP contribution in [0.5, 0.6) is 11.5 Å². The van der Waals surface area contributed by atoms with Gasteiger partial charge in [0.2, 0.25) is 0 Å². The first-order valence-electron chi connectivity index (χ1n) is 11.0. The zero-order valence-electron chi connectivity index (χ0n) is 18.0. The normalized spacial score (nSPS) is 16.6. The van der Waals surface area contributed by atoms with Gasteiger partial charge in [0.25, 0.3) is 5.91 Å². The van der Waals surface area contributed by atoms with Crippen molar-refractivity contribution in [2.75, 3.05) is 26.3 Å². The first kappa shape index (κ1) is 19.8. The van der Waals surface area contributed by atoms with E-state index >= 15 is 0 Å². The van der Waals surface area contributed by atoms with E-state index < -0.39 is 0 Å². The number of para-hydroxylation sites is 1. The summed E-state index contributed by atoms with van der Waals surface area (Å²) in [5, 5.41) is 4.12. The molecule has 2 aromatic carbocycles. The van der Waals surface area contributed by atoms with E-state index in [9.17, 15) is 4.79 Å². The fraction of sp³-hybridized carbons (Fsp3) is 0.360. The molecular weight excluding hydrogens is 390 g/mol. The van der Waals surface area contributed by atoms with Crippen LogP contribution < -0.4 is 14.8 Å². The summed E-state index contributed by atoms with van der Waals surface area (Å²) in [5.41, 5.74) is 4.71. The van der Waals surface area contributed by atoms with Crippen molar-refractivity contribution in [2.24, 2.45) is 0 Å². The molecule has 31 heavy (non-hydrogen) atoms. The number of hydrogen-bond acceptors (Lipinski definition) is 5. The highest BCUT2D eigenvalue weighted by molar-refractivity contribution is 6.07. The zero-order valence-corrected chi connectivity index (χ0v) is 18.0. The number of nitrogens with one attached hydrogen (secondary N) is 1. The van der Waals surface area contributed by atoms with Gasteiger partial charge in [0.05, 0.1) is 17.1 Å². The molecule has 5 rings (SSSR count). The summed E-state index contributed by atoms with van der Waals surface area (Å²) in [6.45, 7) is 7.95. The average molecular weight is 418 g/mol. The number of carbonyl (C=O) groups is 1. The molecule has 0 aliphatic carbocycles. The fourth-order valence-electron chi connectivity index (χ4n) is 4.46. The van der Waals surface area contributed by atoms with Crippen LogP contribution in [0.15, 0.2) is 42.5 Å². The molecule has 0 radical (unpaired) electrons. The molecule has 0 bridgehead atoms. The molecule has 160 valence electrons. The van der Waals surface area contributed by atoms with Crippen molar-refractivity contribution in [3.05, 3.63) is 64.8 Å². The van der Waals surface area contributed by atoms with Gasteiger partial charge in [-0.2, -0.15) is 0 Å². The van der Waals surface area contributed by atoms with Crippen molar-refractivity contribution >= 4 is 16.8 Å². The lowest BCUT2D eigenvalue weighted by Crippen LogP contribution is -2.34. The number of benzene rings is 2. The molecule has 0 fully saturated rings. The summed E-state index contributed by atoms with van der Waals surface area (Å²) in [6.07, 6.45) is 0.867. The summed E-state index contributed by atoms with van der Waals surface area (Å²) >= 11 is 0. The van der Waals surface area contributed by atoms with Crippen molar-refractivity contribution in [3.8, 4) is 11.5 Å². The molecule has 0 saturated carbocycles. The molecule has 3 heterocycles. The summed E-state index contributed by atoms with van der Waals surface area (Å²) in [7, 11) is 0. The number of fused-ring (bicyclic) bond motifs is 3. The Morgan fingerprint density at radius 1 is 1.16 bits per heavy atom. The van der Waals surface area contributed by atoms with Crippen LogP contribution in [0.1, 0.15) is 47.1 Å². The lowest BCUT2D eigenvalue weighted by atomic mass is 9.94. The van der Waals surface area contributed by atoms with Crippen molar-refractivity contribution in [3.63, 3.8) is 0 Å². The highest BCUT2D eigenvalue weighted by Crippen LogP contribution is 2.33. The Kier molecular flexibility index (Phi) is 5.24. The topological polar surface area (TPSA) is 63.7 Å². The molecular formula is C25H27N3O3. The largest absolute Gasteiger partial charge is 0.486 e. The van der Waals surface area contributed by atoms with Crippen molar-refractivity contribution in [1.82, 2.24) is 15.2 Å². The van der Waals surface area contributed by atoms with Crippen molar-refractivity contribution in [2.45, 2.75) is 32.9 Å². The molecule has 0 saturated heterocycles. The van der Waals surface area contributed by atoms with E-state index in [1.807, 2.05) is 49.4 Å². The molecule has 1 aromatic heterocycles. The summed E-state index contributed by atoms with van der Waals surface area (Å²) in [4.78, 5) is 20.8. The minimum Gasteiger partial charge on any atom is -0.486 e. The van der Waals surface area contributed by atoms with Gasteiger partial charge in [0, 0.05) is 36.2 Å². The molecule has 1 atom stereocenters. The van der Waals surface area contributed by atoms with Gasteiger partial charge in [-0.15, -0.1) is 0 Å². The Morgan fingerprint density at radius 3 is 2.81 bits per heavy atom. The van der Waals surface area contributed by atoms with Crippen LogP contribution in [0.4, 0.5) is 0 Å². The van der Waals surface area contributed by atoms with E-state index in [1.54, 1.807) is 0 Å². The maximum atomic E-state index is 13.6. The molecule has 0 unspecified atom stereocenters. The second-order valence-electron chi connectivity index (χ2n) is 8.15. The van der Waals surface area contributed by atoms with E-state index in [-0.39, 0.29) is 11.9 Å². The minimum absolute atomic E-state index is 0.0600. The standard InChI is InChI=1S/C25H27N3O3/c1-3-28-11-10-21-19(15-28)24(18-6-4-5-7-20(18)27-21)25(29)26-16(2)17-8-9-22-23(14-17)31-13-12-30-22/h4-9,14,16H,3,10-13,15H2,1-2H3,(H,26,29)/t16-/m0/s1. The number of hydrogen-bond donors (Lipinski definition) is 1. The smallest absolute Gasteiger partial charge is 0.252 e. The van der Waals surface area contributed by atoms with Crippen LogP contribution in [0.25, 0.3) is 10.9 Å². The van der Waals surface area contributed by atoms with Crippen LogP contribution in [0.2, 0.25) is 0 Å². The Morgan fingerprint density at radius 2 is 1.97 bits per heavy atom. The molecule has 3 aromatic rings. The summed E-state index contributed by atoms with van der Waals surface area (Å²) in [6, 6.07) is 13.6. The van der Waals surface area contributed by atoms with E-state index in [0.717, 1.165) is 70.8 Å². The van der Waals surface area contributed by atoms with Gasteiger partial charge in [0.15, 0.2) is 11.5 Å². The van der Waals surface area contributed by atoms with Crippen molar-refractivity contribution < 1.29 is 14.3 Å². The monoisotopic (exact) mass is 417 g/mol. The van der Waals surface area contributed by atoms with Gasteiger partial charge < -0.3 is 14.8 Å². The van der Waals surface area contributed by atoms with Crippen LogP contribution in [0, 0.1) is 0 Å². The van der Waals surface area contributed by atoms with Crippen LogP contribution in [0.3, 0.4) is 0 Å². The second-order valence-corrected chi connectivity index (χ2v) is 8.15. The third-order valence-electron chi connectivity index (χ3n) is 6.21. The number of amides is 1. The molecule has 1 amide bonds. The molecule has 0 spiro atoms. The summed E-state index contributed by atoms with van der Waals surface area (Å²) in [5.74, 6) is 1.42. The predicted molar refractivity (Wildman–Crippen MR) is 120 cm³/mol. The summed E-state index contributed by atoms with van der Waals surface area (Å²) < 4.78 is 11.3.